The standard InChI is InChI=1S/C12H13N3O2/c13-15-14-7-10-6-11(10)12(16)17-8-9-4-2-1-3-5-9/h1-5,10-11H,6-8H2/t10-,11-/m0/s1. The van der Waals surface area contributed by atoms with Crippen LogP contribution in [0.1, 0.15) is 12.0 Å². The Morgan fingerprint density at radius 1 is 1.47 bits per heavy atom. The van der Waals surface area contributed by atoms with E-state index in [1.54, 1.807) is 0 Å². The molecule has 0 saturated heterocycles. The lowest BCUT2D eigenvalue weighted by Gasteiger charge is -2.03. The third-order valence-corrected chi connectivity index (χ3v) is 2.83. The maximum atomic E-state index is 11.6. The molecule has 2 atom stereocenters. The van der Waals surface area contributed by atoms with Crippen LogP contribution in [-0.2, 0) is 16.1 Å². The topological polar surface area (TPSA) is 75.1 Å². The Kier molecular flexibility index (Phi) is 3.62. The molecule has 0 aliphatic heterocycles. The summed E-state index contributed by atoms with van der Waals surface area (Å²) < 4.78 is 5.19. The maximum Gasteiger partial charge on any atom is 0.309 e. The van der Waals surface area contributed by atoms with E-state index in [-0.39, 0.29) is 17.8 Å². The third kappa shape index (κ3) is 3.23. The van der Waals surface area contributed by atoms with Gasteiger partial charge < -0.3 is 4.74 Å². The van der Waals surface area contributed by atoms with E-state index in [0.29, 0.717) is 13.2 Å². The summed E-state index contributed by atoms with van der Waals surface area (Å²) in [6.45, 7) is 0.700. The highest BCUT2D eigenvalue weighted by Crippen LogP contribution is 2.39. The molecule has 1 fully saturated rings. The van der Waals surface area contributed by atoms with E-state index < -0.39 is 0 Å². The molecule has 0 aromatic heterocycles. The van der Waals surface area contributed by atoms with Crippen molar-refractivity contribution in [1.29, 1.82) is 0 Å². The van der Waals surface area contributed by atoms with Crippen LogP contribution in [0.25, 0.3) is 10.4 Å². The minimum atomic E-state index is -0.188. The Morgan fingerprint density at radius 2 is 2.24 bits per heavy atom. The molecule has 17 heavy (non-hydrogen) atoms. The Hall–Kier alpha value is -2.00. The van der Waals surface area contributed by atoms with Gasteiger partial charge in [0.15, 0.2) is 0 Å². The van der Waals surface area contributed by atoms with E-state index >= 15 is 0 Å². The zero-order valence-corrected chi connectivity index (χ0v) is 9.32. The molecule has 0 bridgehead atoms. The normalized spacial score (nSPS) is 21.4. The first-order valence-electron chi connectivity index (χ1n) is 5.52. The van der Waals surface area contributed by atoms with Crippen molar-refractivity contribution in [3.63, 3.8) is 0 Å². The first-order valence-corrected chi connectivity index (χ1v) is 5.52. The van der Waals surface area contributed by atoms with Gasteiger partial charge in [-0.25, -0.2) is 0 Å². The van der Waals surface area contributed by atoms with Gasteiger partial charge in [-0.15, -0.1) is 0 Å². The van der Waals surface area contributed by atoms with Crippen LogP contribution >= 0.6 is 0 Å². The van der Waals surface area contributed by atoms with Crippen LogP contribution in [0.5, 0.6) is 0 Å². The fraction of sp³-hybridized carbons (Fsp3) is 0.417. The summed E-state index contributed by atoms with van der Waals surface area (Å²) in [5.41, 5.74) is 9.14. The second-order valence-corrected chi connectivity index (χ2v) is 4.11. The average molecular weight is 231 g/mol. The maximum absolute atomic E-state index is 11.6. The number of azide groups is 1. The van der Waals surface area contributed by atoms with Crippen LogP contribution in [0.2, 0.25) is 0 Å². The Bertz CT molecular complexity index is 440. The van der Waals surface area contributed by atoms with Crippen molar-refractivity contribution in [1.82, 2.24) is 0 Å². The van der Waals surface area contributed by atoms with Crippen molar-refractivity contribution in [2.45, 2.75) is 13.0 Å². The van der Waals surface area contributed by atoms with Crippen LogP contribution in [0.3, 0.4) is 0 Å². The summed E-state index contributed by atoms with van der Waals surface area (Å²) in [4.78, 5) is 14.3. The van der Waals surface area contributed by atoms with E-state index in [0.717, 1.165) is 12.0 Å². The zero-order chi connectivity index (χ0) is 12.1. The second kappa shape index (κ2) is 5.37. The highest BCUT2D eigenvalue weighted by atomic mass is 16.5. The highest BCUT2D eigenvalue weighted by Gasteiger charge is 2.43. The van der Waals surface area contributed by atoms with Crippen molar-refractivity contribution in [2.75, 3.05) is 6.54 Å². The van der Waals surface area contributed by atoms with Crippen molar-refractivity contribution < 1.29 is 9.53 Å². The Balaban J connectivity index is 1.74. The molecular weight excluding hydrogens is 218 g/mol. The monoisotopic (exact) mass is 231 g/mol. The van der Waals surface area contributed by atoms with Gasteiger partial charge in [0.25, 0.3) is 0 Å². The summed E-state index contributed by atoms with van der Waals surface area (Å²) in [5, 5.41) is 3.46. The Morgan fingerprint density at radius 3 is 2.94 bits per heavy atom. The Labute approximate surface area is 99.0 Å². The summed E-state index contributed by atoms with van der Waals surface area (Å²) >= 11 is 0. The molecular formula is C12H13N3O2. The molecule has 0 heterocycles. The molecule has 0 amide bonds. The SMILES string of the molecule is [N-]=[N+]=NC[C@@H]1C[C@@H]1C(=O)OCc1ccccc1. The van der Waals surface area contributed by atoms with Crippen molar-refractivity contribution in [2.24, 2.45) is 17.0 Å². The largest absolute Gasteiger partial charge is 0.461 e. The van der Waals surface area contributed by atoms with Gasteiger partial charge in [0.05, 0.1) is 5.92 Å². The third-order valence-electron chi connectivity index (χ3n) is 2.83. The minimum absolute atomic E-state index is 0.0794. The zero-order valence-electron chi connectivity index (χ0n) is 9.32. The summed E-state index contributed by atoms with van der Waals surface area (Å²) in [6, 6.07) is 9.56. The van der Waals surface area contributed by atoms with Gasteiger partial charge >= 0.3 is 5.97 Å². The van der Waals surface area contributed by atoms with E-state index in [9.17, 15) is 4.79 Å². The number of nitrogens with zero attached hydrogens (tertiary/aromatic N) is 3. The predicted octanol–water partition coefficient (Wildman–Crippen LogP) is 2.68. The van der Waals surface area contributed by atoms with Crippen molar-refractivity contribution >= 4 is 5.97 Å². The quantitative estimate of drug-likeness (QED) is 0.338. The molecule has 1 aromatic rings. The number of carbonyl (C=O) groups is 1. The molecule has 0 spiro atoms. The van der Waals surface area contributed by atoms with E-state index in [2.05, 4.69) is 10.0 Å². The average Bonchev–Trinajstić information content (AvgIpc) is 3.14. The van der Waals surface area contributed by atoms with Crippen LogP contribution in [0.4, 0.5) is 0 Å². The molecule has 1 saturated carbocycles. The molecule has 1 aromatic carbocycles. The minimum Gasteiger partial charge on any atom is -0.461 e. The van der Waals surface area contributed by atoms with Gasteiger partial charge in [-0.05, 0) is 23.4 Å². The molecule has 0 unspecified atom stereocenters. The van der Waals surface area contributed by atoms with E-state index in [1.807, 2.05) is 30.3 Å². The number of hydrogen-bond acceptors (Lipinski definition) is 3. The molecule has 2 rings (SSSR count). The molecule has 5 nitrogen and oxygen atoms in total. The lowest BCUT2D eigenvalue weighted by atomic mass is 10.2. The molecule has 1 aliphatic carbocycles. The smallest absolute Gasteiger partial charge is 0.309 e. The first kappa shape index (κ1) is 11.5. The highest BCUT2D eigenvalue weighted by molar-refractivity contribution is 5.75. The number of rotatable bonds is 5. The van der Waals surface area contributed by atoms with Gasteiger partial charge in [-0.3, -0.25) is 4.79 Å². The van der Waals surface area contributed by atoms with Gasteiger partial charge in [-0.2, -0.15) is 0 Å². The van der Waals surface area contributed by atoms with Crippen LogP contribution in [0.15, 0.2) is 35.4 Å². The fourth-order valence-corrected chi connectivity index (χ4v) is 1.72. The summed E-state index contributed by atoms with van der Waals surface area (Å²) in [6.07, 6.45) is 0.770. The molecule has 88 valence electrons. The second-order valence-electron chi connectivity index (χ2n) is 4.11. The molecule has 0 N–H and O–H groups in total. The first-order chi connectivity index (χ1) is 8.31. The lowest BCUT2D eigenvalue weighted by Crippen LogP contribution is -2.08. The number of carbonyl (C=O) groups excluding carboxylic acids is 1. The van der Waals surface area contributed by atoms with E-state index in [1.165, 1.54) is 0 Å². The number of ether oxygens (including phenoxy) is 1. The lowest BCUT2D eigenvalue weighted by molar-refractivity contribution is -0.146. The number of esters is 1. The molecule has 0 radical (unpaired) electrons. The van der Waals surface area contributed by atoms with Crippen LogP contribution < -0.4 is 0 Å². The van der Waals surface area contributed by atoms with Gasteiger partial charge in [0.1, 0.15) is 6.61 Å². The van der Waals surface area contributed by atoms with Crippen molar-refractivity contribution in [3.05, 3.63) is 46.3 Å². The number of hydrogen-bond donors (Lipinski definition) is 0. The van der Waals surface area contributed by atoms with Gasteiger partial charge in [0, 0.05) is 11.5 Å². The van der Waals surface area contributed by atoms with Crippen molar-refractivity contribution in [3.8, 4) is 0 Å². The van der Waals surface area contributed by atoms with Gasteiger partial charge in [-0.1, -0.05) is 35.4 Å². The van der Waals surface area contributed by atoms with Crippen LogP contribution in [-0.4, -0.2) is 12.5 Å². The molecule has 5 heteroatoms. The fourth-order valence-electron chi connectivity index (χ4n) is 1.72. The van der Waals surface area contributed by atoms with Gasteiger partial charge in [0.2, 0.25) is 0 Å². The number of benzene rings is 1. The summed E-state index contributed by atoms with van der Waals surface area (Å²) in [7, 11) is 0. The molecule has 1 aliphatic rings. The summed E-state index contributed by atoms with van der Waals surface area (Å²) in [5.74, 6) is -0.0922. The van der Waals surface area contributed by atoms with Crippen LogP contribution in [0, 0.1) is 11.8 Å². The predicted molar refractivity (Wildman–Crippen MR) is 61.8 cm³/mol. The van der Waals surface area contributed by atoms with E-state index in [4.69, 9.17) is 10.3 Å².